The van der Waals surface area contributed by atoms with Crippen LogP contribution in [-0.4, -0.2) is 6.67 Å². The molecule has 2 heteroatoms. The Morgan fingerprint density at radius 1 is 1.33 bits per heavy atom. The molecule has 66 valence electrons. The van der Waals surface area contributed by atoms with E-state index in [1.54, 1.807) is 0 Å². The van der Waals surface area contributed by atoms with Gasteiger partial charge in [-0.3, -0.25) is 4.39 Å². The van der Waals surface area contributed by atoms with E-state index in [1.807, 2.05) is 38.1 Å². The van der Waals surface area contributed by atoms with E-state index in [0.29, 0.717) is 0 Å². The van der Waals surface area contributed by atoms with Crippen molar-refractivity contribution in [2.45, 2.75) is 19.3 Å². The standard InChI is InChI=1S/C10H12BrF/c1-10(2,7-12)8-5-3-4-6-9(8)11/h3-6H,7H2,1-2H3. The summed E-state index contributed by atoms with van der Waals surface area (Å²) in [5.74, 6) is 0. The Balaban J connectivity index is 3.10. The van der Waals surface area contributed by atoms with Gasteiger partial charge >= 0.3 is 0 Å². The molecule has 0 radical (unpaired) electrons. The van der Waals surface area contributed by atoms with Crippen LogP contribution in [0.3, 0.4) is 0 Å². The number of halogens is 2. The van der Waals surface area contributed by atoms with E-state index in [0.717, 1.165) is 10.0 Å². The zero-order chi connectivity index (χ0) is 9.19. The van der Waals surface area contributed by atoms with Crippen LogP contribution < -0.4 is 0 Å². The Kier molecular flexibility index (Phi) is 2.89. The van der Waals surface area contributed by atoms with Gasteiger partial charge in [-0.15, -0.1) is 0 Å². The molecule has 0 saturated carbocycles. The summed E-state index contributed by atoms with van der Waals surface area (Å²) in [6.45, 7) is 3.45. The monoisotopic (exact) mass is 230 g/mol. The topological polar surface area (TPSA) is 0 Å². The molecule has 0 aliphatic carbocycles. The van der Waals surface area contributed by atoms with Gasteiger partial charge in [-0.2, -0.15) is 0 Å². The third-order valence-corrected chi connectivity index (χ3v) is 2.63. The Hall–Kier alpha value is -0.370. The van der Waals surface area contributed by atoms with Crippen LogP contribution >= 0.6 is 15.9 Å². The first-order valence-corrected chi connectivity index (χ1v) is 4.68. The van der Waals surface area contributed by atoms with Crippen molar-refractivity contribution in [3.8, 4) is 0 Å². The summed E-state index contributed by atoms with van der Waals surface area (Å²) in [5, 5.41) is 0. The summed E-state index contributed by atoms with van der Waals surface area (Å²) in [7, 11) is 0. The summed E-state index contributed by atoms with van der Waals surface area (Å²) in [4.78, 5) is 0. The number of alkyl halides is 1. The summed E-state index contributed by atoms with van der Waals surface area (Å²) in [6.07, 6.45) is 0. The molecular formula is C10H12BrF. The van der Waals surface area contributed by atoms with Crippen molar-refractivity contribution < 1.29 is 4.39 Å². The first kappa shape index (κ1) is 9.72. The van der Waals surface area contributed by atoms with E-state index in [4.69, 9.17) is 0 Å². The first-order valence-electron chi connectivity index (χ1n) is 3.89. The van der Waals surface area contributed by atoms with E-state index in [9.17, 15) is 4.39 Å². The minimum absolute atomic E-state index is 0.338. The lowest BCUT2D eigenvalue weighted by atomic mass is 9.86. The fraction of sp³-hybridized carbons (Fsp3) is 0.400. The highest BCUT2D eigenvalue weighted by molar-refractivity contribution is 9.10. The largest absolute Gasteiger partial charge is 0.250 e. The minimum Gasteiger partial charge on any atom is -0.250 e. The van der Waals surface area contributed by atoms with Crippen LogP contribution in [-0.2, 0) is 5.41 Å². The van der Waals surface area contributed by atoms with Crippen molar-refractivity contribution in [3.05, 3.63) is 34.3 Å². The number of rotatable bonds is 2. The average molecular weight is 231 g/mol. The number of benzene rings is 1. The molecule has 0 nitrogen and oxygen atoms in total. The Bertz CT molecular complexity index is 268. The Morgan fingerprint density at radius 3 is 2.42 bits per heavy atom. The molecule has 0 bridgehead atoms. The van der Waals surface area contributed by atoms with E-state index in [1.165, 1.54) is 0 Å². The van der Waals surface area contributed by atoms with Crippen LogP contribution in [0.2, 0.25) is 0 Å². The molecular weight excluding hydrogens is 219 g/mol. The maximum Gasteiger partial charge on any atom is 0.0986 e. The van der Waals surface area contributed by atoms with Gasteiger partial charge in [0.15, 0.2) is 0 Å². The van der Waals surface area contributed by atoms with Gasteiger partial charge in [0, 0.05) is 9.89 Å². The third kappa shape index (κ3) is 1.86. The van der Waals surface area contributed by atoms with Gasteiger partial charge in [0.1, 0.15) is 0 Å². The highest BCUT2D eigenvalue weighted by Crippen LogP contribution is 2.29. The SMILES string of the molecule is CC(C)(CF)c1ccccc1Br. The van der Waals surface area contributed by atoms with Crippen molar-refractivity contribution in [1.29, 1.82) is 0 Å². The lowest BCUT2D eigenvalue weighted by molar-refractivity contribution is 0.350. The molecule has 0 saturated heterocycles. The molecule has 1 aromatic carbocycles. The normalized spacial score (nSPS) is 11.7. The van der Waals surface area contributed by atoms with Crippen LogP contribution in [0.5, 0.6) is 0 Å². The zero-order valence-corrected chi connectivity index (χ0v) is 8.86. The van der Waals surface area contributed by atoms with Crippen molar-refractivity contribution in [1.82, 2.24) is 0 Å². The molecule has 0 aromatic heterocycles. The second-order valence-corrected chi connectivity index (χ2v) is 4.35. The van der Waals surface area contributed by atoms with Crippen LogP contribution in [0, 0.1) is 0 Å². The fourth-order valence-corrected chi connectivity index (χ4v) is 1.90. The summed E-state index contributed by atoms with van der Waals surface area (Å²) in [6, 6.07) is 7.75. The van der Waals surface area contributed by atoms with Gasteiger partial charge in [-0.05, 0) is 11.6 Å². The lowest BCUT2D eigenvalue weighted by Gasteiger charge is -2.22. The molecule has 0 amide bonds. The van der Waals surface area contributed by atoms with Gasteiger partial charge in [-0.1, -0.05) is 48.0 Å². The summed E-state index contributed by atoms with van der Waals surface area (Å²) < 4.78 is 13.6. The molecule has 0 unspecified atom stereocenters. The Labute approximate surface area is 80.9 Å². The van der Waals surface area contributed by atoms with E-state index in [-0.39, 0.29) is 12.1 Å². The van der Waals surface area contributed by atoms with Crippen LogP contribution in [0.25, 0.3) is 0 Å². The zero-order valence-electron chi connectivity index (χ0n) is 7.27. The van der Waals surface area contributed by atoms with Gasteiger partial charge in [0.2, 0.25) is 0 Å². The molecule has 0 fully saturated rings. The van der Waals surface area contributed by atoms with Crippen LogP contribution in [0.15, 0.2) is 28.7 Å². The molecule has 0 atom stereocenters. The molecule has 0 aliphatic heterocycles. The van der Waals surface area contributed by atoms with Crippen molar-refractivity contribution >= 4 is 15.9 Å². The minimum atomic E-state index is -0.389. The lowest BCUT2D eigenvalue weighted by Crippen LogP contribution is -2.19. The van der Waals surface area contributed by atoms with Crippen molar-refractivity contribution in [3.63, 3.8) is 0 Å². The highest BCUT2D eigenvalue weighted by atomic mass is 79.9. The van der Waals surface area contributed by atoms with Crippen molar-refractivity contribution in [2.75, 3.05) is 6.67 Å². The average Bonchev–Trinajstić information content (AvgIpc) is 2.05. The maximum atomic E-state index is 12.6. The number of hydrogen-bond donors (Lipinski definition) is 0. The molecule has 0 aliphatic rings. The predicted molar refractivity (Wildman–Crippen MR) is 53.1 cm³/mol. The van der Waals surface area contributed by atoms with Crippen LogP contribution in [0.4, 0.5) is 4.39 Å². The quantitative estimate of drug-likeness (QED) is 0.728. The first-order chi connectivity index (χ1) is 5.58. The van der Waals surface area contributed by atoms with Gasteiger partial charge in [0.25, 0.3) is 0 Å². The molecule has 0 heterocycles. The molecule has 0 N–H and O–H groups in total. The Morgan fingerprint density at radius 2 is 1.92 bits per heavy atom. The van der Waals surface area contributed by atoms with Crippen molar-refractivity contribution in [2.24, 2.45) is 0 Å². The predicted octanol–water partition coefficient (Wildman–Crippen LogP) is 3.70. The molecule has 1 aromatic rings. The fourth-order valence-electron chi connectivity index (χ4n) is 1.08. The maximum absolute atomic E-state index is 12.6. The van der Waals surface area contributed by atoms with E-state index >= 15 is 0 Å². The second-order valence-electron chi connectivity index (χ2n) is 3.50. The molecule has 1 rings (SSSR count). The number of hydrogen-bond acceptors (Lipinski definition) is 0. The van der Waals surface area contributed by atoms with Crippen LogP contribution in [0.1, 0.15) is 19.4 Å². The van der Waals surface area contributed by atoms with E-state index in [2.05, 4.69) is 15.9 Å². The molecule has 12 heavy (non-hydrogen) atoms. The highest BCUT2D eigenvalue weighted by Gasteiger charge is 2.22. The third-order valence-electron chi connectivity index (χ3n) is 1.94. The van der Waals surface area contributed by atoms with Gasteiger partial charge in [0.05, 0.1) is 6.67 Å². The van der Waals surface area contributed by atoms with Gasteiger partial charge in [-0.25, -0.2) is 0 Å². The smallest absolute Gasteiger partial charge is 0.0986 e. The summed E-state index contributed by atoms with van der Waals surface area (Å²) >= 11 is 3.41. The second kappa shape index (κ2) is 3.56. The van der Waals surface area contributed by atoms with E-state index < -0.39 is 0 Å². The molecule has 0 spiro atoms. The summed E-state index contributed by atoms with van der Waals surface area (Å²) in [5.41, 5.74) is 0.632. The van der Waals surface area contributed by atoms with Gasteiger partial charge < -0.3 is 0 Å².